The zero-order chi connectivity index (χ0) is 16.9. The summed E-state index contributed by atoms with van der Waals surface area (Å²) in [4.78, 5) is 12.2. The topological polar surface area (TPSA) is 78.8 Å². The summed E-state index contributed by atoms with van der Waals surface area (Å²) < 4.78 is 25.2. The maximum absolute atomic E-state index is 12.2. The van der Waals surface area contributed by atoms with E-state index in [1.807, 2.05) is 31.2 Å². The first-order valence-corrected chi connectivity index (χ1v) is 9.40. The van der Waals surface area contributed by atoms with Crippen molar-refractivity contribution in [3.05, 3.63) is 35.4 Å². The second-order valence-electron chi connectivity index (χ2n) is 5.74. The van der Waals surface area contributed by atoms with Gasteiger partial charge in [-0.05, 0) is 32.3 Å². The van der Waals surface area contributed by atoms with Crippen LogP contribution in [0.2, 0.25) is 0 Å². The van der Waals surface area contributed by atoms with Crippen LogP contribution < -0.4 is 5.43 Å². The van der Waals surface area contributed by atoms with Crippen LogP contribution in [0, 0.1) is 12.8 Å². The fourth-order valence-electron chi connectivity index (χ4n) is 2.51. The van der Waals surface area contributed by atoms with Gasteiger partial charge in [0, 0.05) is 13.1 Å². The quantitative estimate of drug-likeness (QED) is 0.653. The Morgan fingerprint density at radius 1 is 1.39 bits per heavy atom. The summed E-state index contributed by atoms with van der Waals surface area (Å²) in [7, 11) is -3.24. The second-order valence-corrected chi connectivity index (χ2v) is 8.00. The molecule has 126 valence electrons. The van der Waals surface area contributed by atoms with Crippen LogP contribution in [-0.2, 0) is 14.8 Å². The lowest BCUT2D eigenvalue weighted by molar-refractivity contribution is -0.126. The normalized spacial score (nSPS) is 19.8. The fraction of sp³-hybridized carbons (Fsp3) is 0.500. The third-order valence-electron chi connectivity index (χ3n) is 3.98. The van der Waals surface area contributed by atoms with Crippen molar-refractivity contribution in [2.45, 2.75) is 26.7 Å². The van der Waals surface area contributed by atoms with Crippen molar-refractivity contribution in [2.24, 2.45) is 11.0 Å². The number of hydrogen-bond acceptors (Lipinski definition) is 4. The van der Waals surface area contributed by atoms with Crippen LogP contribution in [0.1, 0.15) is 30.9 Å². The SMILES string of the molecule is CCS(=O)(=O)N1CCC[C@@H](C(=O)N/N=C\c2ccc(C)cc2)C1. The summed E-state index contributed by atoms with van der Waals surface area (Å²) in [6.07, 6.45) is 2.96. The van der Waals surface area contributed by atoms with Gasteiger partial charge in [0.15, 0.2) is 0 Å². The maximum Gasteiger partial charge on any atom is 0.244 e. The average molecular weight is 337 g/mol. The minimum Gasteiger partial charge on any atom is -0.273 e. The summed E-state index contributed by atoms with van der Waals surface area (Å²) in [5.74, 6) is -0.517. The van der Waals surface area contributed by atoms with Crippen LogP contribution in [0.3, 0.4) is 0 Å². The number of benzene rings is 1. The Morgan fingerprint density at radius 2 is 2.09 bits per heavy atom. The first-order valence-electron chi connectivity index (χ1n) is 7.80. The number of hydrogen-bond donors (Lipinski definition) is 1. The summed E-state index contributed by atoms with van der Waals surface area (Å²) in [5, 5.41) is 3.96. The van der Waals surface area contributed by atoms with Gasteiger partial charge in [0.1, 0.15) is 0 Å². The van der Waals surface area contributed by atoms with Gasteiger partial charge in [-0.15, -0.1) is 0 Å². The molecule has 0 bridgehead atoms. The van der Waals surface area contributed by atoms with Crippen molar-refractivity contribution in [3.8, 4) is 0 Å². The first kappa shape index (κ1) is 17.6. The van der Waals surface area contributed by atoms with E-state index in [2.05, 4.69) is 10.5 Å². The number of carbonyl (C=O) groups excluding carboxylic acids is 1. The zero-order valence-corrected chi connectivity index (χ0v) is 14.3. The molecule has 0 aliphatic carbocycles. The molecule has 1 N–H and O–H groups in total. The largest absolute Gasteiger partial charge is 0.273 e. The molecule has 7 heteroatoms. The van der Waals surface area contributed by atoms with Crippen LogP contribution in [0.5, 0.6) is 0 Å². The third kappa shape index (κ3) is 4.87. The van der Waals surface area contributed by atoms with Crippen LogP contribution in [0.25, 0.3) is 0 Å². The number of carbonyl (C=O) groups is 1. The van der Waals surface area contributed by atoms with Gasteiger partial charge >= 0.3 is 0 Å². The molecule has 1 atom stereocenters. The number of rotatable bonds is 5. The summed E-state index contributed by atoms with van der Waals surface area (Å²) in [6.45, 7) is 4.35. The lowest BCUT2D eigenvalue weighted by atomic mass is 9.99. The highest BCUT2D eigenvalue weighted by Gasteiger charge is 2.31. The Balaban J connectivity index is 1.91. The lowest BCUT2D eigenvalue weighted by Crippen LogP contribution is -2.45. The van der Waals surface area contributed by atoms with Gasteiger partial charge in [0.05, 0.1) is 17.9 Å². The molecule has 1 amide bonds. The molecule has 0 unspecified atom stereocenters. The fourth-order valence-corrected chi connectivity index (χ4v) is 3.69. The van der Waals surface area contributed by atoms with Crippen LogP contribution in [-0.4, -0.2) is 43.7 Å². The zero-order valence-electron chi connectivity index (χ0n) is 13.5. The highest BCUT2D eigenvalue weighted by molar-refractivity contribution is 7.89. The molecule has 1 aromatic carbocycles. The molecule has 6 nitrogen and oxygen atoms in total. The summed E-state index contributed by atoms with van der Waals surface area (Å²) in [5.41, 5.74) is 4.57. The van der Waals surface area contributed by atoms with E-state index in [1.54, 1.807) is 13.1 Å². The van der Waals surface area contributed by atoms with Crippen LogP contribution >= 0.6 is 0 Å². The molecule has 1 heterocycles. The van der Waals surface area contributed by atoms with Crippen molar-refractivity contribution >= 4 is 22.1 Å². The molecule has 0 aromatic heterocycles. The van der Waals surface area contributed by atoms with E-state index in [0.717, 1.165) is 11.1 Å². The maximum atomic E-state index is 12.2. The van der Waals surface area contributed by atoms with Crippen LogP contribution in [0.4, 0.5) is 0 Å². The molecule has 1 fully saturated rings. The van der Waals surface area contributed by atoms with Gasteiger partial charge in [-0.2, -0.15) is 5.10 Å². The molecule has 23 heavy (non-hydrogen) atoms. The van der Waals surface area contributed by atoms with Gasteiger partial charge in [-0.25, -0.2) is 18.1 Å². The minimum absolute atomic E-state index is 0.0624. The van der Waals surface area contributed by atoms with E-state index in [0.29, 0.717) is 19.4 Å². The number of hydrazone groups is 1. The number of piperidine rings is 1. The number of nitrogens with one attached hydrogen (secondary N) is 1. The molecular formula is C16H23N3O3S. The van der Waals surface area contributed by atoms with Gasteiger partial charge < -0.3 is 0 Å². The third-order valence-corrected chi connectivity index (χ3v) is 5.83. The van der Waals surface area contributed by atoms with Crippen molar-refractivity contribution < 1.29 is 13.2 Å². The van der Waals surface area contributed by atoms with E-state index in [9.17, 15) is 13.2 Å². The lowest BCUT2D eigenvalue weighted by Gasteiger charge is -2.30. The predicted octanol–water partition coefficient (Wildman–Crippen LogP) is 1.51. The van der Waals surface area contributed by atoms with Gasteiger partial charge in [-0.3, -0.25) is 4.79 Å². The monoisotopic (exact) mass is 337 g/mol. The Morgan fingerprint density at radius 3 is 2.74 bits per heavy atom. The highest BCUT2D eigenvalue weighted by atomic mass is 32.2. The summed E-state index contributed by atoms with van der Waals surface area (Å²) >= 11 is 0. The number of nitrogens with zero attached hydrogens (tertiary/aromatic N) is 2. The molecule has 0 radical (unpaired) electrons. The average Bonchev–Trinajstić information content (AvgIpc) is 2.56. The number of amides is 1. The number of aryl methyl sites for hydroxylation is 1. The van der Waals surface area contributed by atoms with E-state index >= 15 is 0 Å². The molecule has 1 aliphatic heterocycles. The van der Waals surface area contributed by atoms with E-state index in [-0.39, 0.29) is 24.1 Å². The molecule has 0 spiro atoms. The van der Waals surface area contributed by atoms with E-state index in [4.69, 9.17) is 0 Å². The molecule has 0 saturated carbocycles. The van der Waals surface area contributed by atoms with Gasteiger partial charge in [-0.1, -0.05) is 29.8 Å². The van der Waals surface area contributed by atoms with Crippen molar-refractivity contribution in [1.82, 2.24) is 9.73 Å². The summed E-state index contributed by atoms with van der Waals surface area (Å²) in [6, 6.07) is 7.78. The van der Waals surface area contributed by atoms with Crippen molar-refractivity contribution in [3.63, 3.8) is 0 Å². The Hall–Kier alpha value is -1.73. The molecule has 1 saturated heterocycles. The smallest absolute Gasteiger partial charge is 0.244 e. The Kier molecular flexibility index (Phi) is 5.90. The highest BCUT2D eigenvalue weighted by Crippen LogP contribution is 2.19. The van der Waals surface area contributed by atoms with Crippen LogP contribution in [0.15, 0.2) is 29.4 Å². The van der Waals surface area contributed by atoms with E-state index < -0.39 is 10.0 Å². The Labute approximate surface area is 137 Å². The van der Waals surface area contributed by atoms with Gasteiger partial charge in [0.2, 0.25) is 15.9 Å². The molecular weight excluding hydrogens is 314 g/mol. The molecule has 2 rings (SSSR count). The second kappa shape index (κ2) is 7.70. The molecule has 1 aliphatic rings. The minimum atomic E-state index is -3.24. The molecule has 1 aromatic rings. The van der Waals surface area contributed by atoms with E-state index in [1.165, 1.54) is 4.31 Å². The van der Waals surface area contributed by atoms with Crippen molar-refractivity contribution in [1.29, 1.82) is 0 Å². The Bertz CT molecular complexity index is 668. The standard InChI is InChI=1S/C16H23N3O3S/c1-3-23(21,22)19-10-4-5-15(12-19)16(20)18-17-11-14-8-6-13(2)7-9-14/h6-9,11,15H,3-5,10,12H2,1-2H3,(H,18,20)/b17-11-/t15-/m1/s1. The van der Waals surface area contributed by atoms with Crippen molar-refractivity contribution in [2.75, 3.05) is 18.8 Å². The van der Waals surface area contributed by atoms with Gasteiger partial charge in [0.25, 0.3) is 0 Å². The first-order chi connectivity index (χ1) is 10.9. The number of sulfonamides is 1. The predicted molar refractivity (Wildman–Crippen MR) is 90.7 cm³/mol.